The highest BCUT2D eigenvalue weighted by Gasteiger charge is 2.29. The van der Waals surface area contributed by atoms with Gasteiger partial charge in [0.25, 0.3) is 0 Å². The predicted octanol–water partition coefficient (Wildman–Crippen LogP) is 7.12. The van der Waals surface area contributed by atoms with Gasteiger partial charge in [-0.15, -0.1) is 0 Å². The SMILES string of the molecule is CCOC(=O)C(Cc1ccc(CCOC2c3ccccc3-c3ccc(Cc4ccccc4)cc32)cc1)OCC. The molecule has 0 radical (unpaired) electrons. The van der Waals surface area contributed by atoms with Gasteiger partial charge in [-0.25, -0.2) is 4.79 Å². The van der Waals surface area contributed by atoms with Gasteiger partial charge in [-0.3, -0.25) is 0 Å². The molecule has 4 heteroatoms. The fourth-order valence-corrected chi connectivity index (χ4v) is 5.33. The van der Waals surface area contributed by atoms with Crippen molar-refractivity contribution in [1.29, 1.82) is 0 Å². The standard InChI is InChI=1S/C35H36O4/c1-3-37-33(35(36)38-4-2)24-27-16-14-25(15-17-27)20-21-39-34-31-13-9-8-12-29(31)30-19-18-28(23-32(30)34)22-26-10-6-5-7-11-26/h5-19,23,33-34H,3-4,20-22,24H2,1-2H3. The van der Waals surface area contributed by atoms with E-state index in [4.69, 9.17) is 14.2 Å². The van der Waals surface area contributed by atoms with E-state index in [0.717, 1.165) is 18.4 Å². The van der Waals surface area contributed by atoms with Gasteiger partial charge in [0.05, 0.1) is 13.2 Å². The van der Waals surface area contributed by atoms with Crippen molar-refractivity contribution >= 4 is 5.97 Å². The minimum Gasteiger partial charge on any atom is -0.464 e. The summed E-state index contributed by atoms with van der Waals surface area (Å²) in [6.07, 6.45) is 1.58. The molecule has 5 rings (SSSR count). The van der Waals surface area contributed by atoms with Crippen molar-refractivity contribution in [3.8, 4) is 11.1 Å². The van der Waals surface area contributed by atoms with E-state index in [1.54, 1.807) is 0 Å². The van der Waals surface area contributed by atoms with E-state index in [1.165, 1.54) is 38.9 Å². The second-order valence-electron chi connectivity index (χ2n) is 9.89. The van der Waals surface area contributed by atoms with Gasteiger partial charge in [0, 0.05) is 13.0 Å². The highest BCUT2D eigenvalue weighted by molar-refractivity contribution is 5.78. The first-order chi connectivity index (χ1) is 19.2. The molecule has 1 aliphatic rings. The molecule has 2 unspecified atom stereocenters. The van der Waals surface area contributed by atoms with E-state index in [2.05, 4.69) is 97.1 Å². The average molecular weight is 521 g/mol. The lowest BCUT2D eigenvalue weighted by atomic mass is 9.99. The van der Waals surface area contributed by atoms with Gasteiger partial charge >= 0.3 is 5.97 Å². The number of hydrogen-bond acceptors (Lipinski definition) is 4. The molecule has 4 nitrogen and oxygen atoms in total. The van der Waals surface area contributed by atoms with E-state index in [0.29, 0.717) is 26.2 Å². The van der Waals surface area contributed by atoms with Crippen LogP contribution in [0.2, 0.25) is 0 Å². The van der Waals surface area contributed by atoms with Crippen LogP contribution in [-0.2, 0) is 38.3 Å². The Bertz CT molecular complexity index is 1380. The second kappa shape index (κ2) is 12.9. The number of fused-ring (bicyclic) bond motifs is 3. The number of rotatable bonds is 12. The minimum atomic E-state index is -0.571. The Morgan fingerprint density at radius 3 is 2.18 bits per heavy atom. The molecule has 0 aromatic heterocycles. The second-order valence-corrected chi connectivity index (χ2v) is 9.89. The maximum atomic E-state index is 12.2. The molecule has 4 aromatic rings. The Balaban J connectivity index is 1.25. The zero-order chi connectivity index (χ0) is 27.0. The summed E-state index contributed by atoms with van der Waals surface area (Å²) in [5.74, 6) is -0.305. The smallest absolute Gasteiger partial charge is 0.335 e. The Kier molecular flexibility index (Phi) is 8.87. The summed E-state index contributed by atoms with van der Waals surface area (Å²) < 4.78 is 17.3. The highest BCUT2D eigenvalue weighted by Crippen LogP contribution is 2.45. The first kappa shape index (κ1) is 26.9. The first-order valence-corrected chi connectivity index (χ1v) is 13.9. The molecule has 4 aromatic carbocycles. The number of ether oxygens (including phenoxy) is 3. The van der Waals surface area contributed by atoms with Gasteiger partial charge in [-0.1, -0.05) is 97.1 Å². The molecular formula is C35H36O4. The van der Waals surface area contributed by atoms with Crippen molar-refractivity contribution in [2.45, 2.75) is 45.3 Å². The Hall–Kier alpha value is -3.73. The molecular weight excluding hydrogens is 484 g/mol. The lowest BCUT2D eigenvalue weighted by molar-refractivity contribution is -0.156. The zero-order valence-electron chi connectivity index (χ0n) is 22.8. The van der Waals surface area contributed by atoms with Crippen molar-refractivity contribution in [1.82, 2.24) is 0 Å². The maximum absolute atomic E-state index is 12.2. The van der Waals surface area contributed by atoms with Crippen LogP contribution in [0.3, 0.4) is 0 Å². The monoisotopic (exact) mass is 520 g/mol. The summed E-state index contributed by atoms with van der Waals surface area (Å²) in [7, 11) is 0. The molecule has 0 fully saturated rings. The van der Waals surface area contributed by atoms with Crippen LogP contribution in [-0.4, -0.2) is 31.9 Å². The fourth-order valence-electron chi connectivity index (χ4n) is 5.33. The van der Waals surface area contributed by atoms with Crippen LogP contribution in [0.25, 0.3) is 11.1 Å². The Morgan fingerprint density at radius 2 is 1.41 bits per heavy atom. The number of esters is 1. The third-order valence-corrected chi connectivity index (χ3v) is 7.22. The largest absolute Gasteiger partial charge is 0.464 e. The zero-order valence-corrected chi connectivity index (χ0v) is 22.8. The lowest BCUT2D eigenvalue weighted by Gasteiger charge is -2.17. The molecule has 0 bridgehead atoms. The third kappa shape index (κ3) is 6.47. The molecule has 0 saturated carbocycles. The van der Waals surface area contributed by atoms with E-state index in [1.807, 2.05) is 13.8 Å². The van der Waals surface area contributed by atoms with E-state index >= 15 is 0 Å². The summed E-state index contributed by atoms with van der Waals surface area (Å²) in [4.78, 5) is 12.2. The van der Waals surface area contributed by atoms with Crippen LogP contribution in [0, 0.1) is 0 Å². The minimum absolute atomic E-state index is 0.0669. The third-order valence-electron chi connectivity index (χ3n) is 7.22. The van der Waals surface area contributed by atoms with Crippen molar-refractivity contribution in [2.24, 2.45) is 0 Å². The molecule has 200 valence electrons. The van der Waals surface area contributed by atoms with E-state index in [9.17, 15) is 4.79 Å². The Labute approximate surface area is 231 Å². The summed E-state index contributed by atoms with van der Waals surface area (Å²) in [6.45, 7) is 5.14. The maximum Gasteiger partial charge on any atom is 0.335 e. The van der Waals surface area contributed by atoms with E-state index in [-0.39, 0.29) is 12.1 Å². The quantitative estimate of drug-likeness (QED) is 0.187. The van der Waals surface area contributed by atoms with Crippen molar-refractivity contribution in [3.05, 3.63) is 130 Å². The molecule has 0 saturated heterocycles. The Morgan fingerprint density at radius 1 is 0.718 bits per heavy atom. The molecule has 1 aliphatic carbocycles. The molecule has 0 amide bonds. The van der Waals surface area contributed by atoms with E-state index < -0.39 is 6.10 Å². The van der Waals surface area contributed by atoms with Crippen LogP contribution >= 0.6 is 0 Å². The summed E-state index contributed by atoms with van der Waals surface area (Å²) in [6, 6.07) is 34.3. The van der Waals surface area contributed by atoms with Crippen molar-refractivity contribution in [2.75, 3.05) is 19.8 Å². The van der Waals surface area contributed by atoms with Gasteiger partial charge in [0.15, 0.2) is 6.10 Å². The topological polar surface area (TPSA) is 44.8 Å². The van der Waals surface area contributed by atoms with Gasteiger partial charge in [-0.2, -0.15) is 0 Å². The van der Waals surface area contributed by atoms with Crippen LogP contribution in [0.4, 0.5) is 0 Å². The lowest BCUT2D eigenvalue weighted by Crippen LogP contribution is -2.29. The fraction of sp³-hybridized carbons (Fsp3) is 0.286. The van der Waals surface area contributed by atoms with Crippen molar-refractivity contribution < 1.29 is 19.0 Å². The van der Waals surface area contributed by atoms with Crippen molar-refractivity contribution in [3.63, 3.8) is 0 Å². The molecule has 39 heavy (non-hydrogen) atoms. The molecule has 0 aliphatic heterocycles. The number of hydrogen-bond donors (Lipinski definition) is 0. The summed E-state index contributed by atoms with van der Waals surface area (Å²) >= 11 is 0. The van der Waals surface area contributed by atoms with Gasteiger partial charge in [-0.05, 0) is 71.2 Å². The number of benzene rings is 4. The average Bonchev–Trinajstić information content (AvgIpc) is 3.27. The van der Waals surface area contributed by atoms with Crippen LogP contribution in [0.5, 0.6) is 0 Å². The van der Waals surface area contributed by atoms with Gasteiger partial charge in [0.2, 0.25) is 0 Å². The molecule has 0 N–H and O–H groups in total. The van der Waals surface area contributed by atoms with Gasteiger partial charge < -0.3 is 14.2 Å². The van der Waals surface area contributed by atoms with Gasteiger partial charge in [0.1, 0.15) is 6.10 Å². The summed E-state index contributed by atoms with van der Waals surface area (Å²) in [5.41, 5.74) is 9.87. The molecule has 0 spiro atoms. The van der Waals surface area contributed by atoms with Crippen LogP contribution in [0.15, 0.2) is 97.1 Å². The summed E-state index contributed by atoms with van der Waals surface area (Å²) in [5, 5.41) is 0. The molecule has 2 atom stereocenters. The first-order valence-electron chi connectivity index (χ1n) is 13.9. The normalized spacial score (nSPS) is 14.5. The number of carbonyl (C=O) groups is 1. The van der Waals surface area contributed by atoms with Crippen LogP contribution < -0.4 is 0 Å². The number of carbonyl (C=O) groups excluding carboxylic acids is 1. The molecule has 0 heterocycles. The highest BCUT2D eigenvalue weighted by atomic mass is 16.6. The van der Waals surface area contributed by atoms with Crippen LogP contribution in [0.1, 0.15) is 53.3 Å². The predicted molar refractivity (Wildman–Crippen MR) is 155 cm³/mol.